The third-order valence-corrected chi connectivity index (χ3v) is 4.66. The van der Waals surface area contributed by atoms with Crippen molar-refractivity contribution in [2.24, 2.45) is 5.73 Å². The van der Waals surface area contributed by atoms with E-state index in [0.29, 0.717) is 16.5 Å². The van der Waals surface area contributed by atoms with Crippen LogP contribution in [0.4, 0.5) is 4.39 Å². The van der Waals surface area contributed by atoms with Crippen molar-refractivity contribution < 1.29 is 9.18 Å². The van der Waals surface area contributed by atoms with Crippen LogP contribution in [0.25, 0.3) is 27.6 Å². The number of carbonyl (C=O) groups is 1. The highest BCUT2D eigenvalue weighted by Gasteiger charge is 2.18. The summed E-state index contributed by atoms with van der Waals surface area (Å²) in [6, 6.07) is 17.2. The number of rotatable bonds is 4. The van der Waals surface area contributed by atoms with Crippen LogP contribution in [0, 0.1) is 5.82 Å². The fourth-order valence-corrected chi connectivity index (χ4v) is 3.36. The van der Waals surface area contributed by atoms with Crippen LogP contribution >= 0.6 is 11.3 Å². The third-order valence-electron chi connectivity index (χ3n) is 3.84. The molecule has 0 aliphatic carbocycles. The summed E-state index contributed by atoms with van der Waals surface area (Å²) in [7, 11) is 0. The highest BCUT2D eigenvalue weighted by Crippen LogP contribution is 2.27. The molecule has 2 aromatic heterocycles. The number of aromatic nitrogens is 3. The van der Waals surface area contributed by atoms with Crippen LogP contribution in [-0.4, -0.2) is 20.7 Å². The second-order valence-electron chi connectivity index (χ2n) is 5.58. The lowest BCUT2D eigenvalue weighted by Gasteiger charge is -2.00. The van der Waals surface area contributed by atoms with Gasteiger partial charge in [-0.05, 0) is 30.3 Å². The van der Waals surface area contributed by atoms with E-state index in [4.69, 9.17) is 5.73 Å². The van der Waals surface area contributed by atoms with E-state index in [9.17, 15) is 9.18 Å². The summed E-state index contributed by atoms with van der Waals surface area (Å²) >= 11 is 1.33. The second kappa shape index (κ2) is 6.53. The second-order valence-corrected chi connectivity index (χ2v) is 6.42. The Kier molecular flexibility index (Phi) is 4.06. The molecule has 0 atom stereocenters. The molecule has 0 saturated heterocycles. The zero-order valence-corrected chi connectivity index (χ0v) is 14.3. The van der Waals surface area contributed by atoms with Crippen LogP contribution in [0.3, 0.4) is 0 Å². The molecule has 128 valence electrons. The molecule has 0 unspecified atom stereocenters. The molecule has 2 heterocycles. The minimum Gasteiger partial charge on any atom is -0.364 e. The van der Waals surface area contributed by atoms with Crippen LogP contribution in [-0.2, 0) is 0 Å². The van der Waals surface area contributed by atoms with Crippen molar-refractivity contribution in [3.8, 4) is 27.6 Å². The summed E-state index contributed by atoms with van der Waals surface area (Å²) < 4.78 is 14.5. The van der Waals surface area contributed by atoms with E-state index in [2.05, 4.69) is 10.1 Å². The quantitative estimate of drug-likeness (QED) is 0.597. The molecular formula is C19H13FN4OS. The number of amides is 1. The van der Waals surface area contributed by atoms with Crippen LogP contribution in [0.1, 0.15) is 10.5 Å². The van der Waals surface area contributed by atoms with Gasteiger partial charge in [0.15, 0.2) is 0 Å². The third kappa shape index (κ3) is 3.00. The first-order valence-electron chi connectivity index (χ1n) is 7.79. The number of nitrogens with two attached hydrogens (primary N) is 1. The standard InChI is InChI=1S/C19H13FN4OS/c20-14-8-6-13(7-9-14)16-11-26-19(22-16)24-17(18(21)25)10-15(23-24)12-4-2-1-3-5-12/h1-11H,(H2,21,25). The van der Waals surface area contributed by atoms with Gasteiger partial charge in [-0.15, -0.1) is 11.3 Å². The molecule has 2 N–H and O–H groups in total. The molecule has 0 aliphatic rings. The Bertz CT molecular complexity index is 1070. The lowest BCUT2D eigenvalue weighted by atomic mass is 10.1. The highest BCUT2D eigenvalue weighted by molar-refractivity contribution is 7.12. The first-order chi connectivity index (χ1) is 12.6. The molecule has 0 spiro atoms. The van der Waals surface area contributed by atoms with E-state index < -0.39 is 5.91 Å². The number of carbonyl (C=O) groups excluding carboxylic acids is 1. The molecule has 2 aromatic carbocycles. The Morgan fingerprint density at radius 2 is 1.69 bits per heavy atom. The van der Waals surface area contributed by atoms with Gasteiger partial charge in [-0.2, -0.15) is 9.78 Å². The average molecular weight is 364 g/mol. The normalized spacial score (nSPS) is 10.8. The lowest BCUT2D eigenvalue weighted by molar-refractivity contribution is 0.0993. The summed E-state index contributed by atoms with van der Waals surface area (Å²) in [5, 5.41) is 6.84. The van der Waals surface area contributed by atoms with E-state index in [1.54, 1.807) is 18.2 Å². The maximum absolute atomic E-state index is 13.1. The minimum atomic E-state index is -0.585. The van der Waals surface area contributed by atoms with Crippen molar-refractivity contribution in [2.45, 2.75) is 0 Å². The van der Waals surface area contributed by atoms with Gasteiger partial charge in [0.25, 0.3) is 5.91 Å². The van der Waals surface area contributed by atoms with Gasteiger partial charge < -0.3 is 5.73 Å². The number of thiazole rings is 1. The van der Waals surface area contributed by atoms with Gasteiger partial charge in [0, 0.05) is 16.5 Å². The minimum absolute atomic E-state index is 0.254. The Morgan fingerprint density at radius 3 is 2.38 bits per heavy atom. The van der Waals surface area contributed by atoms with Crippen LogP contribution in [0.15, 0.2) is 66.0 Å². The number of hydrogen-bond acceptors (Lipinski definition) is 4. The monoisotopic (exact) mass is 364 g/mol. The highest BCUT2D eigenvalue weighted by atomic mass is 32.1. The van der Waals surface area contributed by atoms with Crippen LogP contribution in [0.2, 0.25) is 0 Å². The predicted octanol–water partition coefficient (Wildman–Crippen LogP) is 3.90. The molecule has 5 nitrogen and oxygen atoms in total. The number of hydrogen-bond donors (Lipinski definition) is 1. The molecule has 4 aromatic rings. The van der Waals surface area contributed by atoms with Gasteiger partial charge in [-0.1, -0.05) is 30.3 Å². The van der Waals surface area contributed by atoms with Crippen molar-refractivity contribution >= 4 is 17.2 Å². The number of halogens is 1. The molecule has 4 rings (SSSR count). The maximum atomic E-state index is 13.1. The van der Waals surface area contributed by atoms with Gasteiger partial charge in [-0.25, -0.2) is 9.37 Å². The van der Waals surface area contributed by atoms with E-state index in [1.165, 1.54) is 28.2 Å². The van der Waals surface area contributed by atoms with Gasteiger partial charge in [-0.3, -0.25) is 4.79 Å². The molecular weight excluding hydrogens is 351 g/mol. The van der Waals surface area contributed by atoms with Crippen molar-refractivity contribution in [1.29, 1.82) is 0 Å². The van der Waals surface area contributed by atoms with Crippen LogP contribution < -0.4 is 5.73 Å². The van der Waals surface area contributed by atoms with Gasteiger partial charge in [0.05, 0.1) is 11.4 Å². The molecule has 7 heteroatoms. The molecule has 26 heavy (non-hydrogen) atoms. The van der Waals surface area contributed by atoms with E-state index in [-0.39, 0.29) is 11.5 Å². The average Bonchev–Trinajstić information content (AvgIpc) is 3.30. The molecule has 0 aliphatic heterocycles. The van der Waals surface area contributed by atoms with Gasteiger partial charge >= 0.3 is 0 Å². The Labute approximate surface area is 152 Å². The number of nitrogens with zero attached hydrogens (tertiary/aromatic N) is 3. The van der Waals surface area contributed by atoms with Crippen molar-refractivity contribution in [3.05, 3.63) is 77.6 Å². The topological polar surface area (TPSA) is 73.8 Å². The summed E-state index contributed by atoms with van der Waals surface area (Å²) in [4.78, 5) is 16.4. The largest absolute Gasteiger partial charge is 0.364 e. The Hall–Kier alpha value is -3.32. The van der Waals surface area contributed by atoms with E-state index in [0.717, 1.165) is 11.1 Å². The predicted molar refractivity (Wildman–Crippen MR) is 98.6 cm³/mol. The summed E-state index contributed by atoms with van der Waals surface area (Å²) in [5.41, 5.74) is 8.74. The Morgan fingerprint density at radius 1 is 1.00 bits per heavy atom. The molecule has 0 radical (unpaired) electrons. The van der Waals surface area contributed by atoms with Gasteiger partial charge in [0.1, 0.15) is 11.5 Å². The van der Waals surface area contributed by atoms with Crippen molar-refractivity contribution in [1.82, 2.24) is 14.8 Å². The number of primary amides is 1. The Balaban J connectivity index is 1.77. The molecule has 1 amide bonds. The summed E-state index contributed by atoms with van der Waals surface area (Å²) in [6.07, 6.45) is 0. The molecule has 0 fully saturated rings. The molecule has 0 saturated carbocycles. The first-order valence-corrected chi connectivity index (χ1v) is 8.67. The number of benzene rings is 2. The molecule has 0 bridgehead atoms. The fraction of sp³-hybridized carbons (Fsp3) is 0. The summed E-state index contributed by atoms with van der Waals surface area (Å²) in [6.45, 7) is 0. The van der Waals surface area contributed by atoms with Gasteiger partial charge in [0.2, 0.25) is 5.13 Å². The first kappa shape index (κ1) is 16.2. The zero-order chi connectivity index (χ0) is 18.1. The zero-order valence-electron chi connectivity index (χ0n) is 13.5. The fourth-order valence-electron chi connectivity index (χ4n) is 2.57. The van der Waals surface area contributed by atoms with Crippen LogP contribution in [0.5, 0.6) is 0 Å². The maximum Gasteiger partial charge on any atom is 0.267 e. The summed E-state index contributed by atoms with van der Waals surface area (Å²) in [5.74, 6) is -0.891. The van der Waals surface area contributed by atoms with E-state index in [1.807, 2.05) is 35.7 Å². The smallest absolute Gasteiger partial charge is 0.267 e. The van der Waals surface area contributed by atoms with E-state index >= 15 is 0 Å². The van der Waals surface area contributed by atoms with Crippen molar-refractivity contribution in [2.75, 3.05) is 0 Å². The van der Waals surface area contributed by atoms with Crippen molar-refractivity contribution in [3.63, 3.8) is 0 Å². The SMILES string of the molecule is NC(=O)c1cc(-c2ccccc2)nn1-c1nc(-c2ccc(F)cc2)cs1. The lowest BCUT2D eigenvalue weighted by Crippen LogP contribution is -2.16.